The minimum Gasteiger partial charge on any atom is -0.497 e. The highest BCUT2D eigenvalue weighted by Gasteiger charge is 2.29. The summed E-state index contributed by atoms with van der Waals surface area (Å²) in [7, 11) is 3.72. The fourth-order valence-electron chi connectivity index (χ4n) is 2.90. The zero-order valence-electron chi connectivity index (χ0n) is 13.6. The van der Waals surface area contributed by atoms with Crippen molar-refractivity contribution < 1.29 is 4.74 Å². The summed E-state index contributed by atoms with van der Waals surface area (Å²) >= 11 is 1.69. The van der Waals surface area contributed by atoms with E-state index in [0.29, 0.717) is 0 Å². The third-order valence-electron chi connectivity index (χ3n) is 4.17. The van der Waals surface area contributed by atoms with Gasteiger partial charge in [-0.05, 0) is 23.6 Å². The van der Waals surface area contributed by atoms with Crippen LogP contribution in [0.4, 0.5) is 0 Å². The number of imidazole rings is 1. The Labute approximate surface area is 144 Å². The Kier molecular flexibility index (Phi) is 3.86. The highest BCUT2D eigenvalue weighted by Crippen LogP contribution is 2.23. The topological polar surface area (TPSA) is 54.7 Å². The lowest BCUT2D eigenvalue weighted by atomic mass is 10.2. The number of rotatable bonds is 5. The first-order chi connectivity index (χ1) is 11.7. The number of aryl methyl sites for hydroxylation is 2. The molecule has 6 nitrogen and oxygen atoms in total. The Morgan fingerprint density at radius 2 is 2.29 bits per heavy atom. The van der Waals surface area contributed by atoms with Crippen molar-refractivity contribution in [3.8, 4) is 11.3 Å². The molecule has 2 aliphatic heterocycles. The van der Waals surface area contributed by atoms with Crippen LogP contribution < -0.4 is 5.43 Å². The standard InChI is InChI=1S/C17H19N5OS/c1-21-10-13(12-7-9-24-11-12)18-16(21)6-5-15-19-17-14(23-2)4-3-8-22(17)20-15/h3-4,7-11,17H,5-6H2,1-2H3,(H,19,20). The first-order valence-electron chi connectivity index (χ1n) is 7.83. The lowest BCUT2D eigenvalue weighted by Gasteiger charge is -2.24. The molecule has 1 unspecified atom stereocenters. The number of ether oxygens (including phenoxy) is 1. The summed E-state index contributed by atoms with van der Waals surface area (Å²) in [5.41, 5.74) is 5.53. The molecule has 24 heavy (non-hydrogen) atoms. The van der Waals surface area contributed by atoms with E-state index in [1.165, 1.54) is 5.56 Å². The van der Waals surface area contributed by atoms with E-state index in [4.69, 9.17) is 14.7 Å². The van der Waals surface area contributed by atoms with Gasteiger partial charge in [-0.2, -0.15) is 11.3 Å². The molecule has 2 aliphatic rings. The molecule has 0 bridgehead atoms. The van der Waals surface area contributed by atoms with E-state index in [-0.39, 0.29) is 6.17 Å². The molecule has 2 aromatic rings. The van der Waals surface area contributed by atoms with Crippen LogP contribution in [-0.4, -0.2) is 33.7 Å². The molecular formula is C17H19N5OS. The van der Waals surface area contributed by atoms with Crippen LogP contribution in [0.1, 0.15) is 12.2 Å². The number of aliphatic imine (C=N–C) groups is 1. The maximum absolute atomic E-state index is 5.39. The predicted molar refractivity (Wildman–Crippen MR) is 95.3 cm³/mol. The summed E-state index contributed by atoms with van der Waals surface area (Å²) in [6.07, 6.45) is 9.50. The summed E-state index contributed by atoms with van der Waals surface area (Å²) in [6.45, 7) is 0. The maximum Gasteiger partial charge on any atom is 0.198 e. The molecule has 2 aromatic heterocycles. The number of fused-ring (bicyclic) bond motifs is 1. The fraction of sp³-hybridized carbons (Fsp3) is 0.294. The molecular weight excluding hydrogens is 322 g/mol. The van der Waals surface area contributed by atoms with Gasteiger partial charge < -0.3 is 9.30 Å². The SMILES string of the molecule is COC1=CC=CN2NC(CCc3nc(-c4ccsc4)cn3C)=NC12. The molecule has 0 aliphatic carbocycles. The van der Waals surface area contributed by atoms with Gasteiger partial charge in [-0.1, -0.05) is 0 Å². The van der Waals surface area contributed by atoms with Crippen LogP contribution in [0.3, 0.4) is 0 Å². The molecule has 0 saturated heterocycles. The van der Waals surface area contributed by atoms with Gasteiger partial charge in [-0.3, -0.25) is 10.4 Å². The quantitative estimate of drug-likeness (QED) is 0.908. The van der Waals surface area contributed by atoms with E-state index < -0.39 is 0 Å². The number of allylic oxidation sites excluding steroid dienone is 2. The van der Waals surface area contributed by atoms with Crippen LogP contribution in [-0.2, 0) is 18.2 Å². The molecule has 0 fully saturated rings. The molecule has 7 heteroatoms. The Balaban J connectivity index is 1.45. The smallest absolute Gasteiger partial charge is 0.198 e. The molecule has 1 N–H and O–H groups in total. The fourth-order valence-corrected chi connectivity index (χ4v) is 3.55. The average Bonchev–Trinajstić information content (AvgIpc) is 3.31. The summed E-state index contributed by atoms with van der Waals surface area (Å²) in [6, 6.07) is 2.10. The summed E-state index contributed by atoms with van der Waals surface area (Å²) in [5, 5.41) is 6.16. The van der Waals surface area contributed by atoms with Crippen LogP contribution in [0, 0.1) is 0 Å². The van der Waals surface area contributed by atoms with Gasteiger partial charge in [0.2, 0.25) is 0 Å². The zero-order chi connectivity index (χ0) is 16.5. The number of hydrogen-bond acceptors (Lipinski definition) is 6. The monoisotopic (exact) mass is 341 g/mol. The predicted octanol–water partition coefficient (Wildman–Crippen LogP) is 2.68. The Morgan fingerprint density at radius 1 is 1.38 bits per heavy atom. The van der Waals surface area contributed by atoms with Crippen molar-refractivity contribution in [2.45, 2.75) is 19.0 Å². The van der Waals surface area contributed by atoms with E-state index in [1.54, 1.807) is 18.4 Å². The molecule has 0 aromatic carbocycles. The first-order valence-corrected chi connectivity index (χ1v) is 8.78. The van der Waals surface area contributed by atoms with Gasteiger partial charge in [-0.15, -0.1) is 0 Å². The maximum atomic E-state index is 5.39. The summed E-state index contributed by atoms with van der Waals surface area (Å²) in [4.78, 5) is 9.47. The number of hydrogen-bond donors (Lipinski definition) is 1. The zero-order valence-corrected chi connectivity index (χ0v) is 14.5. The van der Waals surface area contributed by atoms with E-state index >= 15 is 0 Å². The molecule has 1 atom stereocenters. The van der Waals surface area contributed by atoms with Gasteiger partial charge in [0, 0.05) is 43.2 Å². The first kappa shape index (κ1) is 15.0. The number of hydrazine groups is 1. The van der Waals surface area contributed by atoms with E-state index in [2.05, 4.69) is 33.0 Å². The van der Waals surface area contributed by atoms with Crippen LogP contribution in [0.15, 0.2) is 52.1 Å². The number of thiophene rings is 1. The second-order valence-corrected chi connectivity index (χ2v) is 6.53. The van der Waals surface area contributed by atoms with Crippen LogP contribution in [0.25, 0.3) is 11.3 Å². The lowest BCUT2D eigenvalue weighted by Crippen LogP contribution is -2.38. The van der Waals surface area contributed by atoms with Crippen molar-refractivity contribution in [2.24, 2.45) is 12.0 Å². The van der Waals surface area contributed by atoms with Gasteiger partial charge in [0.1, 0.15) is 17.4 Å². The van der Waals surface area contributed by atoms with Gasteiger partial charge in [0.15, 0.2) is 6.17 Å². The number of nitrogens with one attached hydrogen (secondary N) is 1. The molecule has 0 amide bonds. The van der Waals surface area contributed by atoms with Crippen LogP contribution in [0.2, 0.25) is 0 Å². The third-order valence-corrected chi connectivity index (χ3v) is 4.86. The normalized spacial score (nSPS) is 18.9. The number of aromatic nitrogens is 2. The molecule has 124 valence electrons. The Bertz CT molecular complexity index is 818. The molecule has 4 rings (SSSR count). The van der Waals surface area contributed by atoms with Crippen LogP contribution in [0.5, 0.6) is 0 Å². The molecule has 0 saturated carbocycles. The third kappa shape index (κ3) is 2.71. The molecule has 4 heterocycles. The minimum atomic E-state index is -0.0993. The highest BCUT2D eigenvalue weighted by atomic mass is 32.1. The van der Waals surface area contributed by atoms with Crippen molar-refractivity contribution in [2.75, 3.05) is 7.11 Å². The summed E-state index contributed by atoms with van der Waals surface area (Å²) in [5.74, 6) is 2.86. The largest absolute Gasteiger partial charge is 0.497 e. The lowest BCUT2D eigenvalue weighted by molar-refractivity contribution is 0.188. The second-order valence-electron chi connectivity index (χ2n) is 5.75. The summed E-state index contributed by atoms with van der Waals surface area (Å²) < 4.78 is 7.48. The van der Waals surface area contributed by atoms with Gasteiger partial charge in [0.05, 0.1) is 12.8 Å². The molecule has 0 spiro atoms. The van der Waals surface area contributed by atoms with Gasteiger partial charge in [-0.25, -0.2) is 9.98 Å². The van der Waals surface area contributed by atoms with Crippen molar-refractivity contribution in [1.82, 2.24) is 20.0 Å². The number of amidine groups is 1. The Hall–Kier alpha value is -2.54. The van der Waals surface area contributed by atoms with E-state index in [0.717, 1.165) is 36.0 Å². The van der Waals surface area contributed by atoms with Crippen molar-refractivity contribution >= 4 is 17.2 Å². The minimum absolute atomic E-state index is 0.0993. The van der Waals surface area contributed by atoms with Crippen molar-refractivity contribution in [3.63, 3.8) is 0 Å². The average molecular weight is 341 g/mol. The Morgan fingerprint density at radius 3 is 3.08 bits per heavy atom. The number of nitrogens with zero attached hydrogens (tertiary/aromatic N) is 4. The van der Waals surface area contributed by atoms with Crippen molar-refractivity contribution in [3.05, 3.63) is 53.0 Å². The highest BCUT2D eigenvalue weighted by molar-refractivity contribution is 7.08. The molecule has 0 radical (unpaired) electrons. The van der Waals surface area contributed by atoms with E-state index in [9.17, 15) is 0 Å². The second kappa shape index (κ2) is 6.16. The van der Waals surface area contributed by atoms with Crippen molar-refractivity contribution in [1.29, 1.82) is 0 Å². The van der Waals surface area contributed by atoms with Gasteiger partial charge in [0.25, 0.3) is 0 Å². The van der Waals surface area contributed by atoms with E-state index in [1.807, 2.05) is 30.4 Å². The van der Waals surface area contributed by atoms with Gasteiger partial charge >= 0.3 is 0 Å². The number of methoxy groups -OCH3 is 1. The van der Waals surface area contributed by atoms with Crippen LogP contribution >= 0.6 is 11.3 Å².